The zero-order valence-electron chi connectivity index (χ0n) is 20.9. The molecular formula is C26H37N3O4. The van der Waals surface area contributed by atoms with Crippen molar-refractivity contribution in [3.05, 3.63) is 53.6 Å². The molecule has 0 aliphatic rings. The standard InChI is InChI=1S/C26H37N3O4/c1-9-22(24(31)29(32)20-13-11-19(12-14-20)28-27-17(2)30)33-23-15-10-18(25(3,4)5)16-21(23)26(6,7)8/h10-16,22,28,32H,9H2,1-8H3,(H,27,30). The van der Waals surface area contributed by atoms with E-state index in [9.17, 15) is 14.8 Å². The fourth-order valence-electron chi connectivity index (χ4n) is 3.26. The molecule has 0 aromatic heterocycles. The number of hydroxylamine groups is 1. The predicted octanol–water partition coefficient (Wildman–Crippen LogP) is 5.32. The molecule has 0 radical (unpaired) electrons. The van der Waals surface area contributed by atoms with Crippen molar-refractivity contribution in [2.45, 2.75) is 78.7 Å². The molecule has 1 atom stereocenters. The van der Waals surface area contributed by atoms with Crippen LogP contribution >= 0.6 is 0 Å². The van der Waals surface area contributed by atoms with E-state index in [1.54, 1.807) is 24.3 Å². The highest BCUT2D eigenvalue weighted by molar-refractivity contribution is 5.94. The average Bonchev–Trinajstić information content (AvgIpc) is 2.74. The third-order valence-electron chi connectivity index (χ3n) is 5.27. The normalized spacial score (nSPS) is 12.6. The Bertz CT molecular complexity index is 973. The predicted molar refractivity (Wildman–Crippen MR) is 132 cm³/mol. The lowest BCUT2D eigenvalue weighted by molar-refractivity contribution is -0.130. The number of carbonyl (C=O) groups excluding carboxylic acids is 2. The molecule has 33 heavy (non-hydrogen) atoms. The number of hydrogen-bond acceptors (Lipinski definition) is 5. The van der Waals surface area contributed by atoms with E-state index in [1.165, 1.54) is 12.5 Å². The molecule has 3 N–H and O–H groups in total. The largest absolute Gasteiger partial charge is 0.480 e. The van der Waals surface area contributed by atoms with Gasteiger partial charge in [0.15, 0.2) is 6.10 Å². The summed E-state index contributed by atoms with van der Waals surface area (Å²) in [5.74, 6) is -0.148. The van der Waals surface area contributed by atoms with Crippen LogP contribution in [0, 0.1) is 0 Å². The molecule has 0 aliphatic carbocycles. The van der Waals surface area contributed by atoms with E-state index >= 15 is 0 Å². The Balaban J connectivity index is 2.25. The van der Waals surface area contributed by atoms with Gasteiger partial charge in [0.2, 0.25) is 5.91 Å². The van der Waals surface area contributed by atoms with Crippen molar-refractivity contribution in [3.8, 4) is 5.75 Å². The van der Waals surface area contributed by atoms with Crippen LogP contribution in [0.25, 0.3) is 0 Å². The van der Waals surface area contributed by atoms with Crippen molar-refractivity contribution in [1.82, 2.24) is 5.43 Å². The lowest BCUT2D eigenvalue weighted by Gasteiger charge is -2.29. The van der Waals surface area contributed by atoms with Gasteiger partial charge in [0.05, 0.1) is 11.4 Å². The molecule has 0 fully saturated rings. The minimum atomic E-state index is -0.853. The van der Waals surface area contributed by atoms with Gasteiger partial charge in [-0.15, -0.1) is 0 Å². The van der Waals surface area contributed by atoms with Crippen molar-refractivity contribution in [2.24, 2.45) is 0 Å². The summed E-state index contributed by atoms with van der Waals surface area (Å²) in [6, 6.07) is 12.5. The van der Waals surface area contributed by atoms with E-state index in [4.69, 9.17) is 4.74 Å². The van der Waals surface area contributed by atoms with Gasteiger partial charge in [-0.2, -0.15) is 5.06 Å². The highest BCUT2D eigenvalue weighted by Gasteiger charge is 2.29. The molecule has 2 amide bonds. The second-order valence-corrected chi connectivity index (χ2v) is 10.2. The zero-order valence-corrected chi connectivity index (χ0v) is 20.9. The fraction of sp³-hybridized carbons (Fsp3) is 0.462. The quantitative estimate of drug-likeness (QED) is 0.388. The summed E-state index contributed by atoms with van der Waals surface area (Å²) < 4.78 is 6.17. The summed E-state index contributed by atoms with van der Waals surface area (Å²) in [6.07, 6.45) is -0.461. The molecule has 0 spiro atoms. The molecule has 0 saturated carbocycles. The summed E-state index contributed by atoms with van der Waals surface area (Å²) >= 11 is 0. The maximum absolute atomic E-state index is 13.0. The Labute approximate surface area is 197 Å². The van der Waals surface area contributed by atoms with Gasteiger partial charge in [-0.3, -0.25) is 25.6 Å². The molecular weight excluding hydrogens is 418 g/mol. The van der Waals surface area contributed by atoms with Crippen LogP contribution in [0.2, 0.25) is 0 Å². The molecule has 1 unspecified atom stereocenters. The molecule has 2 aromatic rings. The third kappa shape index (κ3) is 6.96. The Morgan fingerprint density at radius 3 is 2.09 bits per heavy atom. The van der Waals surface area contributed by atoms with Gasteiger partial charge >= 0.3 is 0 Å². The number of hydrazine groups is 1. The monoisotopic (exact) mass is 455 g/mol. The summed E-state index contributed by atoms with van der Waals surface area (Å²) in [7, 11) is 0. The van der Waals surface area contributed by atoms with E-state index in [-0.39, 0.29) is 16.7 Å². The van der Waals surface area contributed by atoms with Crippen LogP contribution in [-0.2, 0) is 20.4 Å². The molecule has 2 aromatic carbocycles. The molecule has 0 heterocycles. The van der Waals surface area contributed by atoms with Crippen LogP contribution in [0.15, 0.2) is 42.5 Å². The Morgan fingerprint density at radius 2 is 1.61 bits per heavy atom. The number of nitrogens with one attached hydrogen (secondary N) is 2. The van der Waals surface area contributed by atoms with Gasteiger partial charge < -0.3 is 4.74 Å². The number of carbonyl (C=O) groups is 2. The lowest BCUT2D eigenvalue weighted by atomic mass is 9.80. The third-order valence-corrected chi connectivity index (χ3v) is 5.27. The van der Waals surface area contributed by atoms with E-state index in [0.29, 0.717) is 28.6 Å². The second kappa shape index (κ2) is 10.3. The zero-order chi connectivity index (χ0) is 25.0. The van der Waals surface area contributed by atoms with Crippen molar-refractivity contribution < 1.29 is 19.5 Å². The number of benzene rings is 2. The topological polar surface area (TPSA) is 90.9 Å². The Kier molecular flexibility index (Phi) is 8.14. The van der Waals surface area contributed by atoms with Crippen molar-refractivity contribution in [2.75, 3.05) is 10.5 Å². The van der Waals surface area contributed by atoms with Crippen molar-refractivity contribution >= 4 is 23.2 Å². The number of amides is 2. The summed E-state index contributed by atoms with van der Waals surface area (Å²) in [6.45, 7) is 16.0. The molecule has 0 bridgehead atoms. The second-order valence-electron chi connectivity index (χ2n) is 10.2. The summed E-state index contributed by atoms with van der Waals surface area (Å²) in [5, 5.41) is 11.2. The van der Waals surface area contributed by atoms with Gasteiger partial charge in [-0.05, 0) is 58.7 Å². The Morgan fingerprint density at radius 1 is 1.00 bits per heavy atom. The van der Waals surface area contributed by atoms with Crippen LogP contribution in [0.3, 0.4) is 0 Å². The van der Waals surface area contributed by atoms with Crippen molar-refractivity contribution in [3.63, 3.8) is 0 Å². The average molecular weight is 456 g/mol. The summed E-state index contributed by atoms with van der Waals surface area (Å²) in [4.78, 5) is 24.1. The smallest absolute Gasteiger partial charge is 0.291 e. The molecule has 180 valence electrons. The maximum atomic E-state index is 13.0. The minimum Gasteiger partial charge on any atom is -0.480 e. The molecule has 7 nitrogen and oxygen atoms in total. The highest BCUT2D eigenvalue weighted by Crippen LogP contribution is 2.36. The van der Waals surface area contributed by atoms with Crippen molar-refractivity contribution in [1.29, 1.82) is 0 Å². The first-order valence-corrected chi connectivity index (χ1v) is 11.2. The maximum Gasteiger partial charge on any atom is 0.291 e. The van der Waals surface area contributed by atoms with Crippen LogP contribution in [-0.4, -0.2) is 23.1 Å². The number of anilines is 2. The lowest BCUT2D eigenvalue weighted by Crippen LogP contribution is -2.40. The summed E-state index contributed by atoms with van der Waals surface area (Å²) in [5.41, 5.74) is 8.12. The number of hydrogen-bond donors (Lipinski definition) is 3. The van der Waals surface area contributed by atoms with E-state index in [1.807, 2.05) is 19.1 Å². The first-order chi connectivity index (χ1) is 15.2. The van der Waals surface area contributed by atoms with Crippen LogP contribution < -0.4 is 20.7 Å². The molecule has 0 aliphatic heterocycles. The van der Waals surface area contributed by atoms with Gasteiger partial charge in [0, 0.05) is 6.92 Å². The first kappa shape index (κ1) is 26.2. The molecule has 0 saturated heterocycles. The van der Waals surface area contributed by atoms with Crippen LogP contribution in [0.5, 0.6) is 5.75 Å². The number of nitrogens with zero attached hydrogens (tertiary/aromatic N) is 1. The minimum absolute atomic E-state index is 0.0125. The van der Waals surface area contributed by atoms with Gasteiger partial charge in [0.25, 0.3) is 5.91 Å². The molecule has 7 heteroatoms. The fourth-order valence-corrected chi connectivity index (χ4v) is 3.26. The van der Waals surface area contributed by atoms with E-state index < -0.39 is 12.0 Å². The first-order valence-electron chi connectivity index (χ1n) is 11.2. The highest BCUT2D eigenvalue weighted by atomic mass is 16.5. The SMILES string of the molecule is CCC(Oc1ccc(C(C)(C)C)cc1C(C)(C)C)C(=O)N(O)c1ccc(NNC(C)=O)cc1. The van der Waals surface area contributed by atoms with Gasteiger partial charge in [-0.25, -0.2) is 0 Å². The van der Waals surface area contributed by atoms with Crippen LogP contribution in [0.4, 0.5) is 11.4 Å². The van der Waals surface area contributed by atoms with Gasteiger partial charge in [0.1, 0.15) is 5.75 Å². The van der Waals surface area contributed by atoms with Gasteiger partial charge in [-0.1, -0.05) is 60.6 Å². The van der Waals surface area contributed by atoms with E-state index in [2.05, 4.69) is 58.5 Å². The Hall–Kier alpha value is -3.06. The van der Waals surface area contributed by atoms with E-state index in [0.717, 1.165) is 5.56 Å². The number of rotatable bonds is 7. The number of ether oxygens (including phenoxy) is 1. The molecule has 2 rings (SSSR count). The van der Waals surface area contributed by atoms with Crippen LogP contribution in [0.1, 0.15) is 72.9 Å².